The van der Waals surface area contributed by atoms with Crippen molar-refractivity contribution in [2.24, 2.45) is 0 Å². The quantitative estimate of drug-likeness (QED) is 0.683. The zero-order valence-electron chi connectivity index (χ0n) is 8.69. The van der Waals surface area contributed by atoms with Crippen molar-refractivity contribution in [1.29, 1.82) is 0 Å². The third-order valence-corrected chi connectivity index (χ3v) is 2.92. The molecule has 0 saturated heterocycles. The van der Waals surface area contributed by atoms with Crippen molar-refractivity contribution in [3.8, 4) is 0 Å². The molecule has 1 heteroatoms. The van der Waals surface area contributed by atoms with Gasteiger partial charge < -0.3 is 5.32 Å². The van der Waals surface area contributed by atoms with Crippen LogP contribution in [-0.4, -0.2) is 11.6 Å². The molecule has 1 fully saturated rings. The maximum absolute atomic E-state index is 3.72. The maximum Gasteiger partial charge on any atom is 0.0125 e. The summed E-state index contributed by atoms with van der Waals surface area (Å²) >= 11 is 0. The van der Waals surface area contributed by atoms with Gasteiger partial charge in [0.15, 0.2) is 0 Å². The molecule has 1 rings (SSSR count). The lowest BCUT2D eigenvalue weighted by Crippen LogP contribution is -2.46. The second-order valence-electron chi connectivity index (χ2n) is 4.52. The first-order valence-electron chi connectivity index (χ1n) is 5.23. The van der Waals surface area contributed by atoms with Crippen LogP contribution in [0.5, 0.6) is 0 Å². The molecule has 0 atom stereocenters. The van der Waals surface area contributed by atoms with Crippen LogP contribution in [0.15, 0.2) is 0 Å². The van der Waals surface area contributed by atoms with Crippen LogP contribution >= 0.6 is 0 Å². The minimum atomic E-state index is 0.335. The molecule has 71 valence electrons. The highest BCUT2D eigenvalue weighted by Crippen LogP contribution is 2.20. The van der Waals surface area contributed by atoms with Gasteiger partial charge in [-0.25, -0.2) is 0 Å². The summed E-state index contributed by atoms with van der Waals surface area (Å²) in [4.78, 5) is 0. The number of hydrogen-bond acceptors (Lipinski definition) is 1. The minimum absolute atomic E-state index is 0.335. The average Bonchev–Trinajstić information content (AvgIpc) is 2.06. The molecule has 0 heterocycles. The molecule has 0 unspecified atom stereocenters. The van der Waals surface area contributed by atoms with Crippen molar-refractivity contribution in [1.82, 2.24) is 5.32 Å². The van der Waals surface area contributed by atoms with Gasteiger partial charge >= 0.3 is 0 Å². The van der Waals surface area contributed by atoms with Gasteiger partial charge in [-0.3, -0.25) is 0 Å². The Bertz CT molecular complexity index is 123. The summed E-state index contributed by atoms with van der Waals surface area (Å²) in [5, 5.41) is 3.72. The Morgan fingerprint density at radius 3 is 2.42 bits per heavy atom. The van der Waals surface area contributed by atoms with E-state index in [0.29, 0.717) is 5.54 Å². The van der Waals surface area contributed by atoms with Crippen LogP contribution in [0.2, 0.25) is 0 Å². The van der Waals surface area contributed by atoms with Gasteiger partial charge in [0.05, 0.1) is 0 Å². The lowest BCUT2D eigenvalue weighted by molar-refractivity contribution is 0.289. The Labute approximate surface area is 76.9 Å². The Kier molecular flexibility index (Phi) is 3.57. The summed E-state index contributed by atoms with van der Waals surface area (Å²) in [7, 11) is 0. The lowest BCUT2D eigenvalue weighted by atomic mass is 9.92. The molecule has 1 aliphatic rings. The van der Waals surface area contributed by atoms with E-state index in [1.165, 1.54) is 32.1 Å². The van der Waals surface area contributed by atoms with E-state index >= 15 is 0 Å². The van der Waals surface area contributed by atoms with Gasteiger partial charge in [0.1, 0.15) is 0 Å². The molecule has 1 nitrogen and oxygen atoms in total. The molecule has 12 heavy (non-hydrogen) atoms. The van der Waals surface area contributed by atoms with E-state index in [1.807, 2.05) is 0 Å². The fourth-order valence-corrected chi connectivity index (χ4v) is 1.73. The van der Waals surface area contributed by atoms with Crippen LogP contribution in [0.1, 0.15) is 52.9 Å². The van der Waals surface area contributed by atoms with E-state index in [1.54, 1.807) is 0 Å². The Morgan fingerprint density at radius 2 is 1.92 bits per heavy atom. The highest BCUT2D eigenvalue weighted by atomic mass is 15.0. The third kappa shape index (κ3) is 3.14. The van der Waals surface area contributed by atoms with Gasteiger partial charge in [0.2, 0.25) is 0 Å². The van der Waals surface area contributed by atoms with Gasteiger partial charge in [-0.15, -0.1) is 0 Å². The molecule has 0 aromatic heterocycles. The summed E-state index contributed by atoms with van der Waals surface area (Å²) in [6.45, 7) is 6.85. The summed E-state index contributed by atoms with van der Waals surface area (Å²) in [5.41, 5.74) is 0.335. The maximum atomic E-state index is 3.72. The monoisotopic (exact) mass is 168 g/mol. The fraction of sp³-hybridized carbons (Fsp3) is 0.909. The molecule has 1 aliphatic carbocycles. The summed E-state index contributed by atoms with van der Waals surface area (Å²) in [6.07, 6.45) is 8.91. The second-order valence-corrected chi connectivity index (χ2v) is 4.52. The van der Waals surface area contributed by atoms with E-state index in [0.717, 1.165) is 6.04 Å². The van der Waals surface area contributed by atoms with Crippen molar-refractivity contribution < 1.29 is 0 Å². The molecule has 1 N–H and O–H groups in total. The smallest absolute Gasteiger partial charge is 0.0125 e. The number of hydrogen-bond donors (Lipinski definition) is 1. The van der Waals surface area contributed by atoms with Crippen LogP contribution in [-0.2, 0) is 0 Å². The van der Waals surface area contributed by atoms with Gasteiger partial charge in [-0.2, -0.15) is 0 Å². The van der Waals surface area contributed by atoms with Crippen LogP contribution < -0.4 is 5.32 Å². The van der Waals surface area contributed by atoms with Crippen molar-refractivity contribution in [3.63, 3.8) is 0 Å². The molecule has 0 bridgehead atoms. The van der Waals surface area contributed by atoms with Crippen molar-refractivity contribution in [3.05, 3.63) is 6.42 Å². The molecule has 0 spiro atoms. The second kappa shape index (κ2) is 4.27. The van der Waals surface area contributed by atoms with Crippen molar-refractivity contribution in [2.75, 3.05) is 0 Å². The molecular weight excluding hydrogens is 146 g/mol. The van der Waals surface area contributed by atoms with E-state index < -0.39 is 0 Å². The molecule has 0 aromatic carbocycles. The topological polar surface area (TPSA) is 12.0 Å². The highest BCUT2D eigenvalue weighted by molar-refractivity contribution is 4.86. The van der Waals surface area contributed by atoms with Crippen LogP contribution in [0.25, 0.3) is 0 Å². The van der Waals surface area contributed by atoms with Crippen LogP contribution in [0, 0.1) is 6.42 Å². The van der Waals surface area contributed by atoms with Crippen molar-refractivity contribution >= 4 is 0 Å². The summed E-state index contributed by atoms with van der Waals surface area (Å²) in [5.74, 6) is 0. The van der Waals surface area contributed by atoms with Gasteiger partial charge in [0, 0.05) is 11.6 Å². The summed E-state index contributed by atoms with van der Waals surface area (Å²) < 4.78 is 0. The normalized spacial score (nSPS) is 21.2. The highest BCUT2D eigenvalue weighted by Gasteiger charge is 2.21. The Hall–Kier alpha value is -0.0400. The molecule has 1 radical (unpaired) electrons. The van der Waals surface area contributed by atoms with Gasteiger partial charge in [-0.1, -0.05) is 6.92 Å². The first kappa shape index (κ1) is 10.0. The Morgan fingerprint density at radius 1 is 1.33 bits per heavy atom. The number of nitrogens with one attached hydrogen (secondary N) is 1. The predicted molar refractivity (Wildman–Crippen MR) is 54.1 cm³/mol. The van der Waals surface area contributed by atoms with E-state index in [2.05, 4.69) is 32.5 Å². The fourth-order valence-electron chi connectivity index (χ4n) is 1.73. The van der Waals surface area contributed by atoms with E-state index in [-0.39, 0.29) is 0 Å². The average molecular weight is 168 g/mol. The molecule has 0 aromatic rings. The third-order valence-electron chi connectivity index (χ3n) is 2.92. The first-order valence-corrected chi connectivity index (χ1v) is 5.23. The predicted octanol–water partition coefficient (Wildman–Crippen LogP) is 2.91. The molecule has 1 saturated carbocycles. The lowest BCUT2D eigenvalue weighted by Gasteiger charge is -2.33. The zero-order valence-corrected chi connectivity index (χ0v) is 8.69. The van der Waals surface area contributed by atoms with Gasteiger partial charge in [-0.05, 0) is 52.4 Å². The molecule has 0 amide bonds. The SMILES string of the molecule is CCC(C)(C)NC1CC[CH]CC1. The number of rotatable bonds is 3. The largest absolute Gasteiger partial charge is 0.309 e. The minimum Gasteiger partial charge on any atom is -0.309 e. The standard InChI is InChI=1S/C11H22N/c1-4-11(2,3)12-10-8-6-5-7-9-10/h5,10,12H,4,6-9H2,1-3H3. The molecular formula is C11H22N. The van der Waals surface area contributed by atoms with Crippen LogP contribution in [0.4, 0.5) is 0 Å². The van der Waals surface area contributed by atoms with Crippen LogP contribution in [0.3, 0.4) is 0 Å². The first-order chi connectivity index (χ1) is 5.64. The van der Waals surface area contributed by atoms with Crippen molar-refractivity contribution in [2.45, 2.75) is 64.5 Å². The van der Waals surface area contributed by atoms with Gasteiger partial charge in [0.25, 0.3) is 0 Å². The summed E-state index contributed by atoms with van der Waals surface area (Å²) in [6, 6.07) is 0.768. The Balaban J connectivity index is 2.28. The van der Waals surface area contributed by atoms with E-state index in [9.17, 15) is 0 Å². The van der Waals surface area contributed by atoms with E-state index in [4.69, 9.17) is 0 Å². The zero-order chi connectivity index (χ0) is 9.03. The molecule has 0 aliphatic heterocycles.